The molecule has 0 aliphatic carbocycles. The second kappa shape index (κ2) is 6.24. The van der Waals surface area contributed by atoms with E-state index in [1.165, 1.54) is 0 Å². The normalized spacial score (nSPS) is 10.7. The van der Waals surface area contributed by atoms with Crippen LogP contribution in [0, 0.1) is 11.3 Å². The summed E-state index contributed by atoms with van der Waals surface area (Å²) in [5, 5.41) is 11.3. The smallest absolute Gasteiger partial charge is 0.225 e. The van der Waals surface area contributed by atoms with Gasteiger partial charge in [-0.1, -0.05) is 26.8 Å². The standard InChI is InChI=1S/C15H20N2O2/c1-15(2,3)11-7-8-13(19-4)12(10-11)17-14(18)6-5-9-16/h7-8,10H,5-6H2,1-4H3,(H,17,18). The van der Waals surface area contributed by atoms with Gasteiger partial charge in [-0.2, -0.15) is 5.26 Å². The third-order valence-electron chi connectivity index (χ3n) is 2.80. The van der Waals surface area contributed by atoms with Crippen molar-refractivity contribution in [2.75, 3.05) is 12.4 Å². The first-order valence-corrected chi connectivity index (χ1v) is 6.24. The molecule has 1 aromatic carbocycles. The predicted molar refractivity (Wildman–Crippen MR) is 75.2 cm³/mol. The van der Waals surface area contributed by atoms with Crippen molar-refractivity contribution in [3.63, 3.8) is 0 Å². The highest BCUT2D eigenvalue weighted by Crippen LogP contribution is 2.31. The minimum Gasteiger partial charge on any atom is -0.495 e. The Kier molecular flexibility index (Phi) is 4.94. The average Bonchev–Trinajstić information content (AvgIpc) is 2.35. The third-order valence-corrected chi connectivity index (χ3v) is 2.80. The second-order valence-corrected chi connectivity index (χ2v) is 5.37. The van der Waals surface area contributed by atoms with Crippen LogP contribution in [0.25, 0.3) is 0 Å². The van der Waals surface area contributed by atoms with Gasteiger partial charge in [0, 0.05) is 12.8 Å². The van der Waals surface area contributed by atoms with Crippen LogP contribution in [0.5, 0.6) is 5.75 Å². The van der Waals surface area contributed by atoms with E-state index in [-0.39, 0.29) is 24.2 Å². The molecule has 102 valence electrons. The highest BCUT2D eigenvalue weighted by atomic mass is 16.5. The molecule has 1 N–H and O–H groups in total. The molecule has 0 radical (unpaired) electrons. The molecule has 0 aliphatic rings. The van der Waals surface area contributed by atoms with E-state index in [0.717, 1.165) is 5.56 Å². The van der Waals surface area contributed by atoms with Crippen LogP contribution in [-0.2, 0) is 10.2 Å². The summed E-state index contributed by atoms with van der Waals surface area (Å²) in [4.78, 5) is 11.7. The van der Waals surface area contributed by atoms with E-state index in [0.29, 0.717) is 11.4 Å². The molecule has 1 aromatic rings. The Hall–Kier alpha value is -2.02. The van der Waals surface area contributed by atoms with Crippen LogP contribution in [0.2, 0.25) is 0 Å². The van der Waals surface area contributed by atoms with Crippen LogP contribution in [-0.4, -0.2) is 13.0 Å². The van der Waals surface area contributed by atoms with Crippen molar-refractivity contribution in [2.45, 2.75) is 39.0 Å². The number of benzene rings is 1. The maximum absolute atomic E-state index is 11.7. The average molecular weight is 260 g/mol. The number of anilines is 1. The zero-order valence-electron chi connectivity index (χ0n) is 11.9. The number of hydrogen-bond donors (Lipinski definition) is 1. The first-order valence-electron chi connectivity index (χ1n) is 6.24. The van der Waals surface area contributed by atoms with Crippen molar-refractivity contribution in [1.29, 1.82) is 5.26 Å². The van der Waals surface area contributed by atoms with Crippen molar-refractivity contribution in [3.8, 4) is 11.8 Å². The summed E-state index contributed by atoms with van der Waals surface area (Å²) >= 11 is 0. The molecular weight excluding hydrogens is 240 g/mol. The maximum Gasteiger partial charge on any atom is 0.225 e. The van der Waals surface area contributed by atoms with Crippen LogP contribution in [0.15, 0.2) is 18.2 Å². The Balaban J connectivity index is 2.97. The molecule has 19 heavy (non-hydrogen) atoms. The van der Waals surface area contributed by atoms with Gasteiger partial charge in [0.15, 0.2) is 0 Å². The van der Waals surface area contributed by atoms with Crippen molar-refractivity contribution >= 4 is 11.6 Å². The van der Waals surface area contributed by atoms with Gasteiger partial charge in [0.05, 0.1) is 18.9 Å². The molecule has 1 rings (SSSR count). The number of nitrogens with zero attached hydrogens (tertiary/aromatic N) is 1. The van der Waals surface area contributed by atoms with Crippen LogP contribution in [0.3, 0.4) is 0 Å². The highest BCUT2D eigenvalue weighted by molar-refractivity contribution is 5.92. The number of carbonyl (C=O) groups excluding carboxylic acids is 1. The third kappa shape index (κ3) is 4.29. The lowest BCUT2D eigenvalue weighted by Crippen LogP contribution is -2.15. The first-order chi connectivity index (χ1) is 8.88. The molecule has 0 unspecified atom stereocenters. The molecule has 0 saturated heterocycles. The van der Waals surface area contributed by atoms with Crippen LogP contribution >= 0.6 is 0 Å². The fourth-order valence-electron chi connectivity index (χ4n) is 1.65. The number of rotatable bonds is 4. The summed E-state index contributed by atoms with van der Waals surface area (Å²) < 4.78 is 5.24. The van der Waals surface area contributed by atoms with Gasteiger partial charge in [-0.25, -0.2) is 0 Å². The van der Waals surface area contributed by atoms with Crippen LogP contribution in [0.4, 0.5) is 5.69 Å². The van der Waals surface area contributed by atoms with Crippen LogP contribution < -0.4 is 10.1 Å². The topological polar surface area (TPSA) is 62.1 Å². The number of methoxy groups -OCH3 is 1. The van der Waals surface area contributed by atoms with Crippen molar-refractivity contribution in [3.05, 3.63) is 23.8 Å². The molecule has 0 bridgehead atoms. The maximum atomic E-state index is 11.7. The van der Waals surface area contributed by atoms with Crippen molar-refractivity contribution < 1.29 is 9.53 Å². The lowest BCUT2D eigenvalue weighted by Gasteiger charge is -2.21. The van der Waals surface area contributed by atoms with E-state index in [2.05, 4.69) is 26.1 Å². The fourth-order valence-corrected chi connectivity index (χ4v) is 1.65. The molecule has 0 heterocycles. The molecule has 0 spiro atoms. The molecule has 0 aliphatic heterocycles. The number of ether oxygens (including phenoxy) is 1. The summed E-state index contributed by atoms with van der Waals surface area (Å²) in [5.74, 6) is 0.448. The quantitative estimate of drug-likeness (QED) is 0.904. The molecule has 0 atom stereocenters. The predicted octanol–water partition coefficient (Wildman–Crippen LogP) is 3.23. The largest absolute Gasteiger partial charge is 0.495 e. The Morgan fingerprint density at radius 2 is 2.11 bits per heavy atom. The first kappa shape index (κ1) is 15.0. The number of carbonyl (C=O) groups is 1. The Labute approximate surface area is 114 Å². The Bertz CT molecular complexity index is 496. The van der Waals surface area contributed by atoms with Gasteiger partial charge in [-0.05, 0) is 23.1 Å². The lowest BCUT2D eigenvalue weighted by molar-refractivity contribution is -0.116. The van der Waals surface area contributed by atoms with E-state index in [1.807, 2.05) is 24.3 Å². The molecular formula is C15H20N2O2. The number of amides is 1. The summed E-state index contributed by atoms with van der Waals surface area (Å²) in [7, 11) is 1.57. The number of hydrogen-bond acceptors (Lipinski definition) is 3. The van der Waals surface area contributed by atoms with Crippen LogP contribution in [0.1, 0.15) is 39.2 Å². The molecule has 4 heteroatoms. The summed E-state index contributed by atoms with van der Waals surface area (Å²) in [6, 6.07) is 7.71. The monoisotopic (exact) mass is 260 g/mol. The Morgan fingerprint density at radius 1 is 1.42 bits per heavy atom. The van der Waals surface area contributed by atoms with Gasteiger partial charge in [0.1, 0.15) is 5.75 Å². The van der Waals surface area contributed by atoms with E-state index < -0.39 is 0 Å². The van der Waals surface area contributed by atoms with E-state index in [9.17, 15) is 4.79 Å². The lowest BCUT2D eigenvalue weighted by atomic mass is 9.87. The van der Waals surface area contributed by atoms with Gasteiger partial charge in [0.2, 0.25) is 5.91 Å². The van der Waals surface area contributed by atoms with Crippen molar-refractivity contribution in [1.82, 2.24) is 0 Å². The van der Waals surface area contributed by atoms with Crippen molar-refractivity contribution in [2.24, 2.45) is 0 Å². The molecule has 0 aromatic heterocycles. The summed E-state index contributed by atoms with van der Waals surface area (Å²) in [6.45, 7) is 6.32. The number of nitriles is 1. The summed E-state index contributed by atoms with van der Waals surface area (Å²) in [6.07, 6.45) is 0.409. The minimum atomic E-state index is -0.175. The van der Waals surface area contributed by atoms with E-state index in [1.54, 1.807) is 7.11 Å². The molecule has 0 fully saturated rings. The van der Waals surface area contributed by atoms with Gasteiger partial charge in [0.25, 0.3) is 0 Å². The fraction of sp³-hybridized carbons (Fsp3) is 0.467. The molecule has 4 nitrogen and oxygen atoms in total. The van der Waals surface area contributed by atoms with E-state index >= 15 is 0 Å². The van der Waals surface area contributed by atoms with E-state index in [4.69, 9.17) is 10.00 Å². The minimum absolute atomic E-state index is 0.00158. The highest BCUT2D eigenvalue weighted by Gasteiger charge is 2.16. The van der Waals surface area contributed by atoms with Gasteiger partial charge < -0.3 is 10.1 Å². The Morgan fingerprint density at radius 3 is 2.63 bits per heavy atom. The SMILES string of the molecule is COc1ccc(C(C)(C)C)cc1NC(=O)CCC#N. The molecule has 0 saturated carbocycles. The zero-order valence-corrected chi connectivity index (χ0v) is 11.9. The molecule has 1 amide bonds. The summed E-state index contributed by atoms with van der Waals surface area (Å²) in [5.41, 5.74) is 1.76. The van der Waals surface area contributed by atoms with Gasteiger partial charge in [-0.15, -0.1) is 0 Å². The van der Waals surface area contributed by atoms with Gasteiger partial charge >= 0.3 is 0 Å². The second-order valence-electron chi connectivity index (χ2n) is 5.37. The van der Waals surface area contributed by atoms with Gasteiger partial charge in [-0.3, -0.25) is 4.79 Å². The zero-order chi connectivity index (χ0) is 14.5. The number of nitrogens with one attached hydrogen (secondary N) is 1.